The van der Waals surface area contributed by atoms with Gasteiger partial charge in [-0.15, -0.1) is 0 Å². The molecule has 2 aromatic rings. The van der Waals surface area contributed by atoms with Gasteiger partial charge < -0.3 is 5.73 Å². The first kappa shape index (κ1) is 10.6. The molecule has 0 spiro atoms. The number of aryl methyl sites for hydroxylation is 2. The van der Waals surface area contributed by atoms with Gasteiger partial charge in [0.05, 0.1) is 5.69 Å². The van der Waals surface area contributed by atoms with Gasteiger partial charge in [-0.3, -0.25) is 0 Å². The standard InChI is InChI=1S/C13H15N3/c1-8-5-4-6-11(10(8)3)12-7-9(2)15-13(14)16-12/h4-7H,1-3H3,(H2,14,15,16). The summed E-state index contributed by atoms with van der Waals surface area (Å²) in [7, 11) is 0. The normalized spacial score (nSPS) is 10.4. The van der Waals surface area contributed by atoms with Crippen molar-refractivity contribution < 1.29 is 0 Å². The lowest BCUT2D eigenvalue weighted by Gasteiger charge is -2.08. The largest absolute Gasteiger partial charge is 0.368 e. The zero-order valence-electron chi connectivity index (χ0n) is 9.78. The maximum absolute atomic E-state index is 5.66. The van der Waals surface area contributed by atoms with E-state index < -0.39 is 0 Å². The van der Waals surface area contributed by atoms with Crippen molar-refractivity contribution in [2.24, 2.45) is 0 Å². The Morgan fingerprint density at radius 3 is 2.50 bits per heavy atom. The van der Waals surface area contributed by atoms with Crippen LogP contribution in [0, 0.1) is 20.8 Å². The maximum Gasteiger partial charge on any atom is 0.220 e. The third-order valence-corrected chi connectivity index (χ3v) is 2.75. The molecule has 0 bridgehead atoms. The lowest BCUT2D eigenvalue weighted by molar-refractivity contribution is 1.12. The van der Waals surface area contributed by atoms with Crippen LogP contribution in [0.5, 0.6) is 0 Å². The molecule has 0 amide bonds. The summed E-state index contributed by atoms with van der Waals surface area (Å²) in [6.07, 6.45) is 0. The van der Waals surface area contributed by atoms with Crippen LogP contribution in [0.25, 0.3) is 11.3 Å². The highest BCUT2D eigenvalue weighted by atomic mass is 15.0. The summed E-state index contributed by atoms with van der Waals surface area (Å²) in [5.74, 6) is 0.330. The Kier molecular flexibility index (Phi) is 2.60. The second-order valence-corrected chi connectivity index (χ2v) is 4.00. The summed E-state index contributed by atoms with van der Waals surface area (Å²) in [4.78, 5) is 8.35. The smallest absolute Gasteiger partial charge is 0.220 e. The molecule has 1 heterocycles. The molecule has 0 aliphatic heterocycles. The zero-order valence-corrected chi connectivity index (χ0v) is 9.78. The number of hydrogen-bond acceptors (Lipinski definition) is 3. The molecule has 0 fully saturated rings. The van der Waals surface area contributed by atoms with E-state index in [1.165, 1.54) is 11.1 Å². The van der Waals surface area contributed by atoms with Crippen LogP contribution in [0.2, 0.25) is 0 Å². The number of hydrogen-bond donors (Lipinski definition) is 1. The molecular weight excluding hydrogens is 198 g/mol. The van der Waals surface area contributed by atoms with Gasteiger partial charge >= 0.3 is 0 Å². The third kappa shape index (κ3) is 1.89. The first-order chi connectivity index (χ1) is 7.58. The molecule has 3 nitrogen and oxygen atoms in total. The van der Waals surface area contributed by atoms with E-state index in [2.05, 4.69) is 35.9 Å². The average molecular weight is 213 g/mol. The minimum Gasteiger partial charge on any atom is -0.368 e. The fraction of sp³-hybridized carbons (Fsp3) is 0.231. The van der Waals surface area contributed by atoms with Crippen molar-refractivity contribution in [1.29, 1.82) is 0 Å². The molecule has 0 saturated carbocycles. The van der Waals surface area contributed by atoms with E-state index in [4.69, 9.17) is 5.73 Å². The molecular formula is C13H15N3. The van der Waals surface area contributed by atoms with Crippen LogP contribution in [0.15, 0.2) is 24.3 Å². The first-order valence-corrected chi connectivity index (χ1v) is 5.25. The molecule has 1 aromatic heterocycles. The molecule has 0 saturated heterocycles. The minimum absolute atomic E-state index is 0.330. The van der Waals surface area contributed by atoms with E-state index >= 15 is 0 Å². The van der Waals surface area contributed by atoms with Crippen molar-refractivity contribution in [2.45, 2.75) is 20.8 Å². The topological polar surface area (TPSA) is 51.8 Å². The molecule has 0 aliphatic carbocycles. The molecule has 3 heteroatoms. The number of benzene rings is 1. The van der Waals surface area contributed by atoms with Gasteiger partial charge in [0, 0.05) is 11.3 Å². The van der Waals surface area contributed by atoms with Crippen molar-refractivity contribution in [2.75, 3.05) is 5.73 Å². The SMILES string of the molecule is Cc1cc(-c2cccc(C)c2C)nc(N)n1. The predicted molar refractivity (Wildman–Crippen MR) is 66.1 cm³/mol. The van der Waals surface area contributed by atoms with Crippen molar-refractivity contribution >= 4 is 5.95 Å². The molecule has 0 unspecified atom stereocenters. The monoisotopic (exact) mass is 213 g/mol. The fourth-order valence-electron chi connectivity index (χ4n) is 1.76. The van der Waals surface area contributed by atoms with Crippen LogP contribution in [0.1, 0.15) is 16.8 Å². The van der Waals surface area contributed by atoms with E-state index in [0.717, 1.165) is 17.0 Å². The van der Waals surface area contributed by atoms with E-state index in [9.17, 15) is 0 Å². The number of nitrogen functional groups attached to an aromatic ring is 1. The number of nitrogens with zero attached hydrogens (tertiary/aromatic N) is 2. The van der Waals surface area contributed by atoms with Gasteiger partial charge in [0.15, 0.2) is 0 Å². The van der Waals surface area contributed by atoms with E-state index in [0.29, 0.717) is 5.95 Å². The van der Waals surface area contributed by atoms with Gasteiger partial charge in [0.25, 0.3) is 0 Å². The second kappa shape index (κ2) is 3.93. The Morgan fingerprint density at radius 2 is 1.81 bits per heavy atom. The molecule has 1 aromatic carbocycles. The quantitative estimate of drug-likeness (QED) is 0.792. The number of nitrogens with two attached hydrogens (primary N) is 1. The Bertz CT molecular complexity index is 512. The lowest BCUT2D eigenvalue weighted by atomic mass is 10.0. The fourth-order valence-corrected chi connectivity index (χ4v) is 1.76. The van der Waals surface area contributed by atoms with Crippen LogP contribution >= 0.6 is 0 Å². The van der Waals surface area contributed by atoms with E-state index in [1.54, 1.807) is 0 Å². The van der Waals surface area contributed by atoms with Gasteiger partial charge in [0.1, 0.15) is 0 Å². The molecule has 16 heavy (non-hydrogen) atoms. The molecule has 0 radical (unpaired) electrons. The molecule has 2 rings (SSSR count). The predicted octanol–water partition coefficient (Wildman–Crippen LogP) is 2.65. The zero-order chi connectivity index (χ0) is 11.7. The van der Waals surface area contributed by atoms with E-state index in [-0.39, 0.29) is 0 Å². The van der Waals surface area contributed by atoms with Crippen LogP contribution in [0.3, 0.4) is 0 Å². The van der Waals surface area contributed by atoms with Gasteiger partial charge in [-0.2, -0.15) is 0 Å². The Balaban J connectivity index is 2.63. The molecule has 0 atom stereocenters. The van der Waals surface area contributed by atoms with E-state index in [1.807, 2.05) is 19.1 Å². The van der Waals surface area contributed by atoms with Gasteiger partial charge in [-0.05, 0) is 38.0 Å². The third-order valence-electron chi connectivity index (χ3n) is 2.75. The van der Waals surface area contributed by atoms with Crippen LogP contribution in [0.4, 0.5) is 5.95 Å². The summed E-state index contributed by atoms with van der Waals surface area (Å²) < 4.78 is 0. The lowest BCUT2D eigenvalue weighted by Crippen LogP contribution is -1.99. The van der Waals surface area contributed by atoms with Crippen molar-refractivity contribution in [3.05, 3.63) is 41.1 Å². The summed E-state index contributed by atoms with van der Waals surface area (Å²) in [6.45, 7) is 6.11. The van der Waals surface area contributed by atoms with Gasteiger partial charge in [-0.1, -0.05) is 18.2 Å². The highest BCUT2D eigenvalue weighted by molar-refractivity contribution is 5.65. The van der Waals surface area contributed by atoms with Crippen molar-refractivity contribution in [3.8, 4) is 11.3 Å². The molecule has 2 N–H and O–H groups in total. The molecule has 82 valence electrons. The summed E-state index contributed by atoms with van der Waals surface area (Å²) in [6, 6.07) is 8.14. The number of anilines is 1. The van der Waals surface area contributed by atoms with Crippen LogP contribution in [-0.4, -0.2) is 9.97 Å². The number of rotatable bonds is 1. The highest BCUT2D eigenvalue weighted by Crippen LogP contribution is 2.24. The van der Waals surface area contributed by atoms with Crippen molar-refractivity contribution in [3.63, 3.8) is 0 Å². The first-order valence-electron chi connectivity index (χ1n) is 5.25. The van der Waals surface area contributed by atoms with Crippen LogP contribution < -0.4 is 5.73 Å². The summed E-state index contributed by atoms with van der Waals surface area (Å²) in [5.41, 5.74) is 11.1. The van der Waals surface area contributed by atoms with Crippen LogP contribution in [-0.2, 0) is 0 Å². The Labute approximate surface area is 95.4 Å². The van der Waals surface area contributed by atoms with Gasteiger partial charge in [-0.25, -0.2) is 9.97 Å². The summed E-state index contributed by atoms with van der Waals surface area (Å²) in [5, 5.41) is 0. The molecule has 0 aliphatic rings. The Morgan fingerprint density at radius 1 is 1.06 bits per heavy atom. The highest BCUT2D eigenvalue weighted by Gasteiger charge is 2.06. The second-order valence-electron chi connectivity index (χ2n) is 4.00. The Hall–Kier alpha value is -1.90. The van der Waals surface area contributed by atoms with Gasteiger partial charge in [0.2, 0.25) is 5.95 Å². The maximum atomic E-state index is 5.66. The minimum atomic E-state index is 0.330. The number of aromatic nitrogens is 2. The average Bonchev–Trinajstić information content (AvgIpc) is 2.20. The van der Waals surface area contributed by atoms with Crippen molar-refractivity contribution in [1.82, 2.24) is 9.97 Å². The summed E-state index contributed by atoms with van der Waals surface area (Å²) >= 11 is 0.